The van der Waals surface area contributed by atoms with Crippen molar-refractivity contribution in [2.24, 2.45) is 16.3 Å². The number of likely N-dealkylation sites (tertiary alicyclic amines) is 1. The molecule has 0 saturated carbocycles. The minimum absolute atomic E-state index is 0.0323. The molecule has 1 amide bonds. The second kappa shape index (κ2) is 8.87. The van der Waals surface area contributed by atoms with Gasteiger partial charge in [0.1, 0.15) is 5.41 Å². The van der Waals surface area contributed by atoms with Crippen LogP contribution in [-0.4, -0.2) is 48.0 Å². The molecule has 1 aliphatic rings. The van der Waals surface area contributed by atoms with Gasteiger partial charge in [0, 0.05) is 13.1 Å². The third-order valence-electron chi connectivity index (χ3n) is 4.30. The van der Waals surface area contributed by atoms with Gasteiger partial charge in [-0.3, -0.25) is 4.79 Å². The van der Waals surface area contributed by atoms with Crippen LogP contribution < -0.4 is 11.1 Å². The van der Waals surface area contributed by atoms with Gasteiger partial charge >= 0.3 is 0 Å². The zero-order chi connectivity index (χ0) is 15.7. The normalized spacial score (nSPS) is 17.1. The number of nitrogens with one attached hydrogen (secondary N) is 1. The van der Waals surface area contributed by atoms with E-state index in [2.05, 4.69) is 15.4 Å². The average Bonchev–Trinajstić information content (AvgIpc) is 2.99. The number of rotatable bonds is 9. The van der Waals surface area contributed by atoms with E-state index >= 15 is 0 Å². The number of carbonyl (C=O) groups excluding carboxylic acids is 1. The number of carbonyl (C=O) groups is 1. The van der Waals surface area contributed by atoms with Gasteiger partial charge in [-0.25, -0.2) is 0 Å². The summed E-state index contributed by atoms with van der Waals surface area (Å²) in [5, 5.41) is 15.2. The lowest BCUT2D eigenvalue weighted by atomic mass is 9.77. The van der Waals surface area contributed by atoms with Crippen molar-refractivity contribution in [3.63, 3.8) is 0 Å². The van der Waals surface area contributed by atoms with Gasteiger partial charge in [0.2, 0.25) is 5.91 Å². The van der Waals surface area contributed by atoms with Crippen molar-refractivity contribution in [1.29, 1.82) is 0 Å². The number of amides is 1. The van der Waals surface area contributed by atoms with E-state index in [0.717, 1.165) is 32.5 Å². The molecule has 122 valence electrons. The fraction of sp³-hybridized carbons (Fsp3) is 0.867. The van der Waals surface area contributed by atoms with Crippen LogP contribution in [0.15, 0.2) is 5.16 Å². The zero-order valence-electron chi connectivity index (χ0n) is 13.4. The van der Waals surface area contributed by atoms with Gasteiger partial charge in [-0.15, -0.1) is 0 Å². The Bertz CT molecular complexity index is 346. The highest BCUT2D eigenvalue weighted by atomic mass is 16.4. The Morgan fingerprint density at radius 1 is 1.29 bits per heavy atom. The van der Waals surface area contributed by atoms with E-state index in [1.165, 1.54) is 12.8 Å². The maximum atomic E-state index is 12.6. The highest BCUT2D eigenvalue weighted by Crippen LogP contribution is 2.30. The SMILES string of the molecule is CCCC(CCC)(C(=O)NCCN1CCCC1)C(N)=NO. The summed E-state index contributed by atoms with van der Waals surface area (Å²) in [6, 6.07) is 0. The first kappa shape index (κ1) is 17.8. The fourth-order valence-corrected chi connectivity index (χ4v) is 3.18. The van der Waals surface area contributed by atoms with E-state index in [0.29, 0.717) is 19.4 Å². The molecule has 1 heterocycles. The molecule has 6 heteroatoms. The van der Waals surface area contributed by atoms with E-state index in [9.17, 15) is 4.79 Å². The Morgan fingerprint density at radius 2 is 1.86 bits per heavy atom. The van der Waals surface area contributed by atoms with E-state index in [4.69, 9.17) is 10.9 Å². The summed E-state index contributed by atoms with van der Waals surface area (Å²) in [6.07, 6.45) is 5.32. The molecule has 1 saturated heterocycles. The van der Waals surface area contributed by atoms with Gasteiger partial charge in [-0.05, 0) is 38.8 Å². The molecule has 0 unspecified atom stereocenters. The van der Waals surface area contributed by atoms with Crippen LogP contribution in [0.25, 0.3) is 0 Å². The summed E-state index contributed by atoms with van der Waals surface area (Å²) in [5.74, 6) is -0.0782. The maximum Gasteiger partial charge on any atom is 0.233 e. The Kier molecular flexibility index (Phi) is 7.50. The lowest BCUT2D eigenvalue weighted by molar-refractivity contribution is -0.128. The van der Waals surface area contributed by atoms with Gasteiger partial charge in [0.05, 0.1) is 0 Å². The molecule has 0 aromatic carbocycles. The van der Waals surface area contributed by atoms with Gasteiger partial charge in [-0.1, -0.05) is 31.8 Å². The molecule has 0 spiro atoms. The predicted molar refractivity (Wildman–Crippen MR) is 84.3 cm³/mol. The number of nitrogens with two attached hydrogens (primary N) is 1. The molecule has 1 fully saturated rings. The van der Waals surface area contributed by atoms with Crippen LogP contribution in [-0.2, 0) is 4.79 Å². The van der Waals surface area contributed by atoms with Crippen LogP contribution >= 0.6 is 0 Å². The van der Waals surface area contributed by atoms with E-state index in [-0.39, 0.29) is 11.7 Å². The van der Waals surface area contributed by atoms with E-state index in [1.807, 2.05) is 13.8 Å². The number of hydrogen-bond acceptors (Lipinski definition) is 4. The Balaban J connectivity index is 2.64. The highest BCUT2D eigenvalue weighted by Gasteiger charge is 2.41. The zero-order valence-corrected chi connectivity index (χ0v) is 13.4. The number of amidine groups is 1. The fourth-order valence-electron chi connectivity index (χ4n) is 3.18. The first-order valence-corrected chi connectivity index (χ1v) is 8.09. The predicted octanol–water partition coefficient (Wildman–Crippen LogP) is 1.53. The molecule has 0 aromatic heterocycles. The van der Waals surface area contributed by atoms with Crippen molar-refractivity contribution in [3.8, 4) is 0 Å². The second-order valence-electron chi connectivity index (χ2n) is 5.87. The Morgan fingerprint density at radius 3 is 2.33 bits per heavy atom. The number of hydrogen-bond donors (Lipinski definition) is 3. The summed E-state index contributed by atoms with van der Waals surface area (Å²) in [6.45, 7) is 7.73. The van der Waals surface area contributed by atoms with Crippen LogP contribution in [0.2, 0.25) is 0 Å². The molecule has 1 aliphatic heterocycles. The van der Waals surface area contributed by atoms with Crippen LogP contribution in [0, 0.1) is 5.41 Å². The Hall–Kier alpha value is -1.30. The molecule has 0 aromatic rings. The van der Waals surface area contributed by atoms with Crippen molar-refractivity contribution in [2.45, 2.75) is 52.4 Å². The van der Waals surface area contributed by atoms with Crippen molar-refractivity contribution in [3.05, 3.63) is 0 Å². The van der Waals surface area contributed by atoms with Gasteiger partial charge in [-0.2, -0.15) is 0 Å². The highest BCUT2D eigenvalue weighted by molar-refractivity contribution is 6.06. The maximum absolute atomic E-state index is 12.6. The van der Waals surface area contributed by atoms with Crippen LogP contribution in [0.3, 0.4) is 0 Å². The van der Waals surface area contributed by atoms with Crippen molar-refractivity contribution in [1.82, 2.24) is 10.2 Å². The van der Waals surface area contributed by atoms with Crippen LogP contribution in [0.4, 0.5) is 0 Å². The summed E-state index contributed by atoms with van der Waals surface area (Å²) < 4.78 is 0. The standard InChI is InChI=1S/C15H30N4O2/c1-3-7-15(8-4-2,13(16)18-21)14(20)17-9-12-19-10-5-6-11-19/h21H,3-12H2,1-2H3,(H2,16,18)(H,17,20). The van der Waals surface area contributed by atoms with Gasteiger partial charge in [0.15, 0.2) is 5.84 Å². The second-order valence-corrected chi connectivity index (χ2v) is 5.87. The molecule has 0 bridgehead atoms. The summed E-state index contributed by atoms with van der Waals surface area (Å²) in [5.41, 5.74) is 4.98. The van der Waals surface area contributed by atoms with E-state index in [1.54, 1.807) is 0 Å². The van der Waals surface area contributed by atoms with Crippen LogP contribution in [0.1, 0.15) is 52.4 Å². The monoisotopic (exact) mass is 298 g/mol. The summed E-state index contributed by atoms with van der Waals surface area (Å²) >= 11 is 0. The largest absolute Gasteiger partial charge is 0.409 e. The molecular weight excluding hydrogens is 268 g/mol. The smallest absolute Gasteiger partial charge is 0.233 e. The average molecular weight is 298 g/mol. The van der Waals surface area contributed by atoms with Crippen LogP contribution in [0.5, 0.6) is 0 Å². The molecular formula is C15H30N4O2. The third-order valence-corrected chi connectivity index (χ3v) is 4.30. The molecule has 0 atom stereocenters. The molecule has 1 rings (SSSR count). The summed E-state index contributed by atoms with van der Waals surface area (Å²) in [4.78, 5) is 15.0. The van der Waals surface area contributed by atoms with Crippen molar-refractivity contribution in [2.75, 3.05) is 26.2 Å². The minimum Gasteiger partial charge on any atom is -0.409 e. The van der Waals surface area contributed by atoms with Crippen molar-refractivity contribution < 1.29 is 10.0 Å². The molecule has 6 nitrogen and oxygen atoms in total. The lowest BCUT2D eigenvalue weighted by Crippen LogP contribution is -2.51. The van der Waals surface area contributed by atoms with E-state index < -0.39 is 5.41 Å². The first-order valence-electron chi connectivity index (χ1n) is 8.09. The molecule has 0 radical (unpaired) electrons. The number of oxime groups is 1. The molecule has 21 heavy (non-hydrogen) atoms. The Labute approximate surface area is 127 Å². The van der Waals surface area contributed by atoms with Crippen molar-refractivity contribution >= 4 is 11.7 Å². The number of nitrogens with zero attached hydrogens (tertiary/aromatic N) is 2. The summed E-state index contributed by atoms with van der Waals surface area (Å²) in [7, 11) is 0. The molecule has 4 N–H and O–H groups in total. The van der Waals surface area contributed by atoms with Gasteiger partial charge in [0.25, 0.3) is 0 Å². The quantitative estimate of drug-likeness (QED) is 0.260. The third kappa shape index (κ3) is 4.59. The molecule has 0 aliphatic carbocycles. The topological polar surface area (TPSA) is 91.0 Å². The lowest BCUT2D eigenvalue weighted by Gasteiger charge is -2.31. The van der Waals surface area contributed by atoms with Gasteiger partial charge < -0.3 is 21.2 Å². The minimum atomic E-state index is -0.872. The first-order chi connectivity index (χ1) is 10.1.